The fourth-order valence-corrected chi connectivity index (χ4v) is 5.74. The molecule has 2 aromatic carbocycles. The first-order valence-corrected chi connectivity index (χ1v) is 12.1. The molecule has 1 aliphatic heterocycles. The summed E-state index contributed by atoms with van der Waals surface area (Å²) in [6.45, 7) is 3.71. The van der Waals surface area contributed by atoms with Crippen molar-refractivity contribution in [3.8, 4) is 5.75 Å². The van der Waals surface area contributed by atoms with Gasteiger partial charge in [-0.2, -0.15) is 0 Å². The van der Waals surface area contributed by atoms with Gasteiger partial charge in [-0.1, -0.05) is 35.6 Å². The number of phenolic OH excluding ortho intramolecular Hbond substituents is 1. The number of Topliss-reactive ketones (excluding diaryl/α,β-unsaturated/α-hetero) is 1. The summed E-state index contributed by atoms with van der Waals surface area (Å²) in [4.78, 5) is 37.4. The minimum Gasteiger partial charge on any atom is -0.508 e. The van der Waals surface area contributed by atoms with Gasteiger partial charge in [0.25, 0.3) is 5.78 Å². The van der Waals surface area contributed by atoms with Crippen LogP contribution in [0.1, 0.15) is 28.6 Å². The van der Waals surface area contributed by atoms with Gasteiger partial charge in [0.05, 0.1) is 27.5 Å². The highest BCUT2D eigenvalue weighted by Gasteiger charge is 2.48. The molecule has 1 saturated heterocycles. The van der Waals surface area contributed by atoms with Crippen molar-refractivity contribution < 1.29 is 19.8 Å². The average Bonchev–Trinajstić information content (AvgIpc) is 3.50. The number of aryl methyl sites for hydroxylation is 2. The summed E-state index contributed by atoms with van der Waals surface area (Å²) >= 11 is 1.30. The molecule has 1 aliphatic rings. The Kier molecular flexibility index (Phi) is 4.90. The molecule has 8 nitrogen and oxygen atoms in total. The number of fused-ring (bicyclic) bond motifs is 2. The molecule has 0 saturated carbocycles. The third-order valence-corrected chi connectivity index (χ3v) is 7.34. The van der Waals surface area contributed by atoms with Crippen LogP contribution in [0.2, 0.25) is 0 Å². The highest BCUT2D eigenvalue weighted by Crippen LogP contribution is 2.44. The summed E-state index contributed by atoms with van der Waals surface area (Å²) < 4.78 is 2.57. The molecule has 5 aromatic rings. The predicted molar refractivity (Wildman–Crippen MR) is 137 cm³/mol. The van der Waals surface area contributed by atoms with Gasteiger partial charge in [-0.25, -0.2) is 9.97 Å². The Bertz CT molecular complexity index is 1730. The van der Waals surface area contributed by atoms with Gasteiger partial charge < -0.3 is 10.2 Å². The van der Waals surface area contributed by atoms with E-state index in [1.54, 1.807) is 41.8 Å². The number of thiazole rings is 1. The zero-order valence-electron chi connectivity index (χ0n) is 19.3. The molecule has 1 fully saturated rings. The fourth-order valence-electron chi connectivity index (χ4n) is 4.65. The van der Waals surface area contributed by atoms with Crippen LogP contribution in [0.5, 0.6) is 5.75 Å². The fraction of sp³-hybridized carbons (Fsp3) is 0.111. The van der Waals surface area contributed by atoms with Crippen LogP contribution >= 0.6 is 11.3 Å². The lowest BCUT2D eigenvalue weighted by atomic mass is 9.96. The molecule has 9 heteroatoms. The zero-order valence-corrected chi connectivity index (χ0v) is 20.2. The van der Waals surface area contributed by atoms with E-state index in [1.807, 2.05) is 31.2 Å². The highest BCUT2D eigenvalue weighted by atomic mass is 32.1. The first kappa shape index (κ1) is 22.0. The van der Waals surface area contributed by atoms with Crippen LogP contribution in [0.15, 0.2) is 72.4 Å². The molecule has 0 bridgehead atoms. The quantitative estimate of drug-likeness (QED) is 0.209. The Balaban J connectivity index is 1.61. The molecule has 0 spiro atoms. The minimum atomic E-state index is -0.944. The van der Waals surface area contributed by atoms with Gasteiger partial charge in [0.1, 0.15) is 17.1 Å². The Morgan fingerprint density at radius 1 is 1.00 bits per heavy atom. The van der Waals surface area contributed by atoms with Crippen molar-refractivity contribution in [1.82, 2.24) is 14.4 Å². The van der Waals surface area contributed by atoms with E-state index in [9.17, 15) is 19.8 Å². The van der Waals surface area contributed by atoms with Crippen molar-refractivity contribution in [2.75, 3.05) is 4.90 Å². The number of phenols is 1. The van der Waals surface area contributed by atoms with Gasteiger partial charge in [0, 0.05) is 6.20 Å². The number of aromatic hydroxyl groups is 1. The standard InChI is InChI=1S/C27H20N4O4S/c1-14-6-11-18-19(13-14)36-27(29-18)31-23(16-7-9-17(32)10-8-16)21(25(34)26(31)35)24(33)22-15(2)28-20-5-3-4-12-30(20)22/h3-13,23,32-33H,1-2H3. The lowest BCUT2D eigenvalue weighted by Gasteiger charge is -2.23. The number of nitrogens with zero attached hydrogens (tertiary/aromatic N) is 4. The molecule has 4 heterocycles. The number of ketones is 1. The summed E-state index contributed by atoms with van der Waals surface area (Å²) in [7, 11) is 0. The van der Waals surface area contributed by atoms with Crippen LogP contribution in [0, 0.1) is 13.8 Å². The van der Waals surface area contributed by atoms with Crippen LogP contribution < -0.4 is 4.90 Å². The summed E-state index contributed by atoms with van der Waals surface area (Å²) in [6.07, 6.45) is 1.74. The molecule has 0 aliphatic carbocycles. The van der Waals surface area contributed by atoms with Crippen molar-refractivity contribution in [3.05, 3.63) is 94.9 Å². The summed E-state index contributed by atoms with van der Waals surface area (Å²) in [5.41, 5.74) is 3.72. The van der Waals surface area contributed by atoms with Gasteiger partial charge in [-0.15, -0.1) is 0 Å². The van der Waals surface area contributed by atoms with Gasteiger partial charge in [0.15, 0.2) is 10.9 Å². The maximum atomic E-state index is 13.5. The first-order valence-electron chi connectivity index (χ1n) is 11.2. The molecule has 1 unspecified atom stereocenters. The number of aliphatic hydroxyl groups excluding tert-OH is 1. The van der Waals surface area contributed by atoms with E-state index in [2.05, 4.69) is 9.97 Å². The summed E-state index contributed by atoms with van der Waals surface area (Å²) in [5, 5.41) is 21.8. The predicted octanol–water partition coefficient (Wildman–Crippen LogP) is 4.89. The van der Waals surface area contributed by atoms with Crippen molar-refractivity contribution in [2.24, 2.45) is 0 Å². The van der Waals surface area contributed by atoms with Gasteiger partial charge >= 0.3 is 5.91 Å². The van der Waals surface area contributed by atoms with Crippen molar-refractivity contribution in [1.29, 1.82) is 0 Å². The molecular formula is C27H20N4O4S. The zero-order chi connectivity index (χ0) is 25.1. The molecule has 0 radical (unpaired) electrons. The third-order valence-electron chi connectivity index (χ3n) is 6.32. The molecule has 2 N–H and O–H groups in total. The van der Waals surface area contributed by atoms with Crippen molar-refractivity contribution in [3.63, 3.8) is 0 Å². The molecule has 1 atom stereocenters. The van der Waals surface area contributed by atoms with Gasteiger partial charge in [0.2, 0.25) is 0 Å². The topological polar surface area (TPSA) is 108 Å². The average molecular weight is 497 g/mol. The number of carbonyl (C=O) groups is 2. The van der Waals surface area contributed by atoms with Crippen molar-refractivity contribution in [2.45, 2.75) is 19.9 Å². The Morgan fingerprint density at radius 3 is 2.56 bits per heavy atom. The number of rotatable bonds is 3. The lowest BCUT2D eigenvalue weighted by Crippen LogP contribution is -2.29. The number of aliphatic hydroxyl groups is 1. The Labute approximate surface area is 209 Å². The van der Waals surface area contributed by atoms with Gasteiger partial charge in [-0.3, -0.25) is 18.9 Å². The number of hydrogen-bond donors (Lipinski definition) is 2. The second kappa shape index (κ2) is 8.03. The third kappa shape index (κ3) is 3.28. The molecule has 6 rings (SSSR count). The maximum absolute atomic E-state index is 13.5. The minimum absolute atomic E-state index is 0.0452. The monoisotopic (exact) mass is 496 g/mol. The van der Waals surface area contributed by atoms with Crippen LogP contribution in [0.4, 0.5) is 5.13 Å². The largest absolute Gasteiger partial charge is 0.508 e. The number of amides is 1. The number of benzene rings is 2. The van der Waals surface area contributed by atoms with E-state index in [4.69, 9.17) is 0 Å². The molecule has 3 aromatic heterocycles. The number of pyridine rings is 1. The number of imidazole rings is 1. The number of carbonyl (C=O) groups excluding carboxylic acids is 2. The van der Waals surface area contributed by atoms with Crippen LogP contribution in [-0.2, 0) is 9.59 Å². The molecular weight excluding hydrogens is 476 g/mol. The number of hydrogen-bond acceptors (Lipinski definition) is 7. The van der Waals surface area contributed by atoms with Crippen LogP contribution in [-0.4, -0.2) is 36.3 Å². The van der Waals surface area contributed by atoms with E-state index in [1.165, 1.54) is 28.4 Å². The smallest absolute Gasteiger partial charge is 0.301 e. The van der Waals surface area contributed by atoms with Crippen LogP contribution in [0.25, 0.3) is 21.6 Å². The molecule has 1 amide bonds. The van der Waals surface area contributed by atoms with Crippen molar-refractivity contribution >= 4 is 49.8 Å². The number of anilines is 1. The number of aromatic nitrogens is 3. The highest BCUT2D eigenvalue weighted by molar-refractivity contribution is 7.22. The lowest BCUT2D eigenvalue weighted by molar-refractivity contribution is -0.132. The molecule has 178 valence electrons. The van der Waals surface area contributed by atoms with E-state index in [-0.39, 0.29) is 17.1 Å². The van der Waals surface area contributed by atoms with E-state index in [0.29, 0.717) is 33.2 Å². The van der Waals surface area contributed by atoms with E-state index < -0.39 is 17.7 Å². The van der Waals surface area contributed by atoms with E-state index in [0.717, 1.165) is 10.3 Å². The first-order chi connectivity index (χ1) is 17.3. The second-order valence-electron chi connectivity index (χ2n) is 8.70. The summed E-state index contributed by atoms with van der Waals surface area (Å²) in [6, 6.07) is 16.5. The SMILES string of the molecule is Cc1ccc2nc(N3C(=O)C(=O)C(=C(O)c4c(C)nc5ccccn45)C3c3ccc(O)cc3)sc2c1. The molecule has 36 heavy (non-hydrogen) atoms. The van der Waals surface area contributed by atoms with Crippen LogP contribution in [0.3, 0.4) is 0 Å². The maximum Gasteiger partial charge on any atom is 0.301 e. The Hall–Kier alpha value is -4.50. The van der Waals surface area contributed by atoms with Gasteiger partial charge in [-0.05, 0) is 61.4 Å². The summed E-state index contributed by atoms with van der Waals surface area (Å²) in [5.74, 6) is -1.87. The second-order valence-corrected chi connectivity index (χ2v) is 9.71. The Morgan fingerprint density at radius 2 is 1.78 bits per heavy atom. The normalized spacial score (nSPS) is 17.5. The van der Waals surface area contributed by atoms with E-state index >= 15 is 0 Å².